The second kappa shape index (κ2) is 22.6. The number of aliphatic hydroxyl groups is 1. The number of ether oxygens (including phenoxy) is 3. The molecule has 0 aliphatic heterocycles. The summed E-state index contributed by atoms with van der Waals surface area (Å²) in [5, 5.41) is 15.3. The normalized spacial score (nSPS) is 12.5. The van der Waals surface area contributed by atoms with Crippen molar-refractivity contribution in [1.82, 2.24) is 39.7 Å². The molecule has 2 atom stereocenters. The van der Waals surface area contributed by atoms with Crippen LogP contribution in [-0.2, 0) is 47.5 Å². The number of nitrogens with one attached hydrogen (secondary N) is 3. The lowest BCUT2D eigenvalue weighted by Gasteiger charge is -2.27. The Balaban J connectivity index is 1.08. The predicted molar refractivity (Wildman–Crippen MR) is 279 cm³/mol. The number of hydrogen-bond donors (Lipinski definition) is 4. The number of carbonyl (C=O) groups is 2. The van der Waals surface area contributed by atoms with Gasteiger partial charge in [-0.2, -0.15) is 0 Å². The maximum absolute atomic E-state index is 14.6. The molecule has 400 valence electrons. The van der Waals surface area contributed by atoms with Gasteiger partial charge in [0.2, 0.25) is 11.8 Å². The fourth-order valence-corrected chi connectivity index (χ4v) is 11.3. The number of amides is 2. The maximum Gasteiger partial charge on any atom is 0.267 e. The molecule has 0 saturated carbocycles. The highest BCUT2D eigenvalue weighted by Gasteiger charge is 2.32. The first kappa shape index (κ1) is 55.1. The third-order valence-corrected chi connectivity index (χ3v) is 15.9. The van der Waals surface area contributed by atoms with Gasteiger partial charge in [-0.3, -0.25) is 33.0 Å². The van der Waals surface area contributed by atoms with Crippen LogP contribution < -0.4 is 40.3 Å². The molecule has 0 aliphatic carbocycles. The van der Waals surface area contributed by atoms with Crippen molar-refractivity contribution in [3.05, 3.63) is 152 Å². The molecule has 28 heteroatoms. The summed E-state index contributed by atoms with van der Waals surface area (Å²) < 4.78 is 105. The summed E-state index contributed by atoms with van der Waals surface area (Å²) in [6.45, 7) is -1.81. The Hall–Kier alpha value is -8.14. The van der Waals surface area contributed by atoms with Crippen molar-refractivity contribution in [2.75, 3.05) is 44.1 Å². The summed E-state index contributed by atoms with van der Waals surface area (Å²) in [7, 11) is -4.11. The SMILES string of the molecule is CNC(=O)C(Cn1cnc2ccc(-c3cnc(OC)c(N(CNC(=O)C(O)Cn4cnc5ccc(-c6cnc(OC)c(NS(=O)(=O)c7ccc(F)cc7Cl)c6)cc5c4=O)S(=O)(=O)c4ccc(F)cc4Cl)c3)cc2c1=O)OC. The number of fused-ring (bicyclic) bond motifs is 2. The summed E-state index contributed by atoms with van der Waals surface area (Å²) in [5.41, 5.74) is -0.0142. The Bertz CT molecular complexity index is 4010. The third kappa shape index (κ3) is 11.5. The Morgan fingerprint density at radius 1 is 0.688 bits per heavy atom. The minimum Gasteiger partial charge on any atom is -0.480 e. The lowest BCUT2D eigenvalue weighted by molar-refractivity contribution is -0.131. The van der Waals surface area contributed by atoms with Gasteiger partial charge in [0.05, 0.1) is 71.8 Å². The summed E-state index contributed by atoms with van der Waals surface area (Å²) >= 11 is 12.3. The van der Waals surface area contributed by atoms with Crippen molar-refractivity contribution < 1.29 is 54.5 Å². The number of likely N-dealkylation sites (N-methyl/N-ethyl adjacent to an activating group) is 1. The number of aliphatic hydroxyl groups excluding tert-OH is 1. The minimum absolute atomic E-state index is 0.00401. The van der Waals surface area contributed by atoms with E-state index in [1.54, 1.807) is 12.1 Å². The van der Waals surface area contributed by atoms with Crippen molar-refractivity contribution in [3.63, 3.8) is 0 Å². The van der Waals surface area contributed by atoms with Gasteiger partial charge in [0.1, 0.15) is 39.5 Å². The van der Waals surface area contributed by atoms with Crippen LogP contribution in [0.3, 0.4) is 0 Å². The largest absolute Gasteiger partial charge is 0.480 e. The highest BCUT2D eigenvalue weighted by molar-refractivity contribution is 7.93. The van der Waals surface area contributed by atoms with E-state index < -0.39 is 94.8 Å². The van der Waals surface area contributed by atoms with Crippen LogP contribution in [-0.4, -0.2) is 110 Å². The molecular formula is C49H42Cl2F2N10O12S2. The van der Waals surface area contributed by atoms with Crippen molar-refractivity contribution >= 4 is 88.2 Å². The van der Waals surface area contributed by atoms with Crippen LogP contribution in [0.25, 0.3) is 44.1 Å². The third-order valence-electron chi connectivity index (χ3n) is 11.8. The number of methoxy groups -OCH3 is 3. The molecule has 0 aliphatic rings. The second-order valence-electron chi connectivity index (χ2n) is 16.6. The van der Waals surface area contributed by atoms with E-state index in [0.29, 0.717) is 21.0 Å². The van der Waals surface area contributed by atoms with Gasteiger partial charge < -0.3 is 30.0 Å². The van der Waals surface area contributed by atoms with E-state index >= 15 is 0 Å². The Labute approximate surface area is 445 Å². The van der Waals surface area contributed by atoms with Gasteiger partial charge in [-0.05, 0) is 83.9 Å². The lowest BCUT2D eigenvalue weighted by Crippen LogP contribution is -2.46. The highest BCUT2D eigenvalue weighted by atomic mass is 35.5. The van der Waals surface area contributed by atoms with Gasteiger partial charge in [0.25, 0.3) is 43.0 Å². The van der Waals surface area contributed by atoms with Crippen molar-refractivity contribution in [2.24, 2.45) is 0 Å². The van der Waals surface area contributed by atoms with Crippen molar-refractivity contribution in [1.29, 1.82) is 0 Å². The second-order valence-corrected chi connectivity index (χ2v) is 20.9. The molecule has 77 heavy (non-hydrogen) atoms. The van der Waals surface area contributed by atoms with Gasteiger partial charge in [-0.1, -0.05) is 35.3 Å². The number of carbonyl (C=O) groups excluding carboxylic acids is 2. The van der Waals surface area contributed by atoms with E-state index in [2.05, 4.69) is 35.3 Å². The predicted octanol–water partition coefficient (Wildman–Crippen LogP) is 4.72. The van der Waals surface area contributed by atoms with E-state index in [1.807, 2.05) is 0 Å². The molecular weight excluding hydrogens is 1090 g/mol. The number of halogens is 4. The van der Waals surface area contributed by atoms with Crippen molar-refractivity contribution in [3.8, 4) is 34.0 Å². The van der Waals surface area contributed by atoms with E-state index in [0.717, 1.165) is 47.3 Å². The van der Waals surface area contributed by atoms with E-state index in [4.69, 9.17) is 37.4 Å². The fourth-order valence-electron chi connectivity index (χ4n) is 7.85. The summed E-state index contributed by atoms with van der Waals surface area (Å²) in [6, 6.07) is 17.1. The van der Waals surface area contributed by atoms with Gasteiger partial charge >= 0.3 is 0 Å². The topological polar surface area (TPSA) is 285 Å². The number of benzene rings is 4. The summed E-state index contributed by atoms with van der Waals surface area (Å²) in [4.78, 5) is 69.9. The number of anilines is 2. The van der Waals surface area contributed by atoms with Crippen LogP contribution in [0.2, 0.25) is 10.0 Å². The molecule has 2 unspecified atom stereocenters. The molecule has 4 heterocycles. The average molecular weight is 1140 g/mol. The zero-order chi connectivity index (χ0) is 55.5. The number of pyridine rings is 2. The van der Waals surface area contributed by atoms with Crippen LogP contribution in [0, 0.1) is 11.6 Å². The molecule has 0 fully saturated rings. The first-order valence-electron chi connectivity index (χ1n) is 22.4. The Kier molecular flexibility index (Phi) is 16.2. The van der Waals surface area contributed by atoms with E-state index in [-0.39, 0.29) is 62.1 Å². The van der Waals surface area contributed by atoms with E-state index in [9.17, 15) is 49.9 Å². The van der Waals surface area contributed by atoms with Crippen LogP contribution in [0.5, 0.6) is 11.8 Å². The van der Waals surface area contributed by atoms with Gasteiger partial charge in [0.15, 0.2) is 12.2 Å². The number of sulfonamides is 2. The molecule has 8 rings (SSSR count). The zero-order valence-corrected chi connectivity index (χ0v) is 43.7. The molecule has 22 nitrogen and oxygen atoms in total. The fraction of sp³-hybridized carbons (Fsp3) is 0.184. The van der Waals surface area contributed by atoms with Crippen molar-refractivity contribution in [2.45, 2.75) is 35.1 Å². The van der Waals surface area contributed by atoms with Gasteiger partial charge in [-0.15, -0.1) is 0 Å². The average Bonchev–Trinajstić information content (AvgIpc) is 3.43. The van der Waals surface area contributed by atoms with Crippen LogP contribution in [0.4, 0.5) is 20.2 Å². The molecule has 0 spiro atoms. The molecule has 4 N–H and O–H groups in total. The highest BCUT2D eigenvalue weighted by Crippen LogP contribution is 2.37. The summed E-state index contributed by atoms with van der Waals surface area (Å²) in [5.74, 6) is -3.68. The lowest BCUT2D eigenvalue weighted by atomic mass is 10.0. The molecule has 2 amide bonds. The summed E-state index contributed by atoms with van der Waals surface area (Å²) in [6.07, 6.45) is 1.97. The smallest absolute Gasteiger partial charge is 0.267 e. The molecule has 0 saturated heterocycles. The minimum atomic E-state index is -4.89. The Morgan fingerprint density at radius 3 is 1.75 bits per heavy atom. The maximum atomic E-state index is 14.6. The first-order valence-corrected chi connectivity index (χ1v) is 26.1. The number of nitrogens with zero attached hydrogens (tertiary/aromatic N) is 7. The van der Waals surface area contributed by atoms with Crippen LogP contribution in [0.15, 0.2) is 129 Å². The monoisotopic (exact) mass is 1130 g/mol. The van der Waals surface area contributed by atoms with Crippen LogP contribution in [0.1, 0.15) is 0 Å². The number of hydrogen-bond acceptors (Lipinski definition) is 16. The first-order chi connectivity index (χ1) is 36.7. The quantitative estimate of drug-likeness (QED) is 0.0797. The van der Waals surface area contributed by atoms with Crippen LogP contribution >= 0.6 is 23.2 Å². The standard InChI is InChI=1S/C49H42Cl2F2N10O12S2/c1-54-45(66)41(73-2)22-62-24-58-37-10-6-27(14-33(37)49(62)68)29-16-39(47(75-4)56-20-29)63(77(71,72)43-12-8-31(53)18-35(43)51)25-59-44(65)40(64)21-61-23-57-36-9-5-26(13-32(36)48(61)67)28-15-38(46(74-3)55-19-28)60-76(69,70)42-11-7-30(52)17-34(42)50/h5-20,23-24,40-41,60,64H,21-22,25H2,1-4H3,(H,54,66)(H,59,65). The molecule has 4 aromatic heterocycles. The molecule has 0 radical (unpaired) electrons. The van der Waals surface area contributed by atoms with Gasteiger partial charge in [-0.25, -0.2) is 49.9 Å². The Morgan fingerprint density at radius 2 is 1.22 bits per heavy atom. The van der Waals surface area contributed by atoms with E-state index in [1.165, 1.54) is 88.1 Å². The molecule has 0 bridgehead atoms. The number of rotatable bonds is 19. The molecule has 4 aromatic carbocycles. The van der Waals surface area contributed by atoms with Gasteiger partial charge in [0, 0.05) is 37.7 Å². The number of aromatic nitrogens is 6. The zero-order valence-electron chi connectivity index (χ0n) is 40.6. The molecule has 8 aromatic rings.